The number of aromatic amines is 1. The van der Waals surface area contributed by atoms with Gasteiger partial charge in [-0.2, -0.15) is 10.4 Å². The first-order chi connectivity index (χ1) is 15.5. The van der Waals surface area contributed by atoms with Crippen molar-refractivity contribution in [3.63, 3.8) is 0 Å². The van der Waals surface area contributed by atoms with E-state index in [9.17, 15) is 9.90 Å². The van der Waals surface area contributed by atoms with Crippen LogP contribution in [0, 0.1) is 18.3 Å². The van der Waals surface area contributed by atoms with Gasteiger partial charge in [0.2, 0.25) is 0 Å². The number of H-pyrrole nitrogens is 1. The number of aryl methyl sites for hydroxylation is 1. The average Bonchev–Trinajstić information content (AvgIpc) is 3.39. The van der Waals surface area contributed by atoms with E-state index in [4.69, 9.17) is 5.26 Å². The fraction of sp³-hybridized carbons (Fsp3) is 0.500. The number of aliphatic imine (C=N–C) groups is 1. The summed E-state index contributed by atoms with van der Waals surface area (Å²) in [7, 11) is 0. The standard InChI is InChI=1S/C22H26N8O2/c1-13-10-18(29-28-13)26-21(31)22(32)19-17(4-2-8-24-19)20(27-22)25-14-11-15-5-6-16(12-14)30(15)9-3-7-23/h2,4,8,10,14-16,32H,3,5-6,9,11-12H2,1H3,(H,25,27)(H2,26,28,29,31)/t14-,15-,16+,22?. The lowest BCUT2D eigenvalue weighted by Gasteiger charge is -2.39. The van der Waals surface area contributed by atoms with Crippen LogP contribution in [-0.4, -0.2) is 61.6 Å². The Morgan fingerprint density at radius 1 is 1.41 bits per heavy atom. The second-order valence-corrected chi connectivity index (χ2v) is 8.77. The van der Waals surface area contributed by atoms with Gasteiger partial charge in [0.25, 0.3) is 11.6 Å². The van der Waals surface area contributed by atoms with Gasteiger partial charge in [0, 0.05) is 54.6 Å². The molecular formula is C22H26N8O2. The molecule has 0 aromatic carbocycles. The molecule has 4 N–H and O–H groups in total. The molecule has 2 bridgehead atoms. The summed E-state index contributed by atoms with van der Waals surface area (Å²) >= 11 is 0. The van der Waals surface area contributed by atoms with Gasteiger partial charge in [-0.1, -0.05) is 0 Å². The van der Waals surface area contributed by atoms with Gasteiger partial charge in [-0.25, -0.2) is 4.99 Å². The predicted octanol–water partition coefficient (Wildman–Crippen LogP) is 1.16. The molecule has 0 radical (unpaired) electrons. The van der Waals surface area contributed by atoms with E-state index in [0.717, 1.165) is 37.9 Å². The molecule has 166 valence electrons. The monoisotopic (exact) mass is 434 g/mol. The lowest BCUT2D eigenvalue weighted by Crippen LogP contribution is -2.50. The number of aliphatic hydroxyl groups is 1. The van der Waals surface area contributed by atoms with E-state index >= 15 is 0 Å². The summed E-state index contributed by atoms with van der Waals surface area (Å²) in [4.78, 5) is 24.1. The molecule has 5 heterocycles. The van der Waals surface area contributed by atoms with E-state index in [0.29, 0.717) is 35.7 Å². The number of fused-ring (bicyclic) bond motifs is 3. The summed E-state index contributed by atoms with van der Waals surface area (Å²) in [5, 5.41) is 33.1. The third-order valence-corrected chi connectivity index (χ3v) is 6.64. The molecule has 0 aliphatic carbocycles. The minimum absolute atomic E-state index is 0.178. The molecule has 2 saturated heterocycles. The van der Waals surface area contributed by atoms with Crippen molar-refractivity contribution < 1.29 is 9.90 Å². The van der Waals surface area contributed by atoms with Crippen LogP contribution in [0.25, 0.3) is 0 Å². The topological polar surface area (TPSA) is 142 Å². The Kier molecular flexibility index (Phi) is 5.15. The maximum absolute atomic E-state index is 13.0. The van der Waals surface area contributed by atoms with E-state index in [1.807, 2.05) is 13.0 Å². The minimum atomic E-state index is -2.13. The van der Waals surface area contributed by atoms with E-state index in [1.165, 1.54) is 0 Å². The smallest absolute Gasteiger partial charge is 0.287 e. The minimum Gasteiger partial charge on any atom is -0.367 e. The summed E-state index contributed by atoms with van der Waals surface area (Å²) in [5.41, 5.74) is -0.499. The summed E-state index contributed by atoms with van der Waals surface area (Å²) < 4.78 is 0. The Bertz CT molecular complexity index is 1090. The molecule has 1 unspecified atom stereocenters. The van der Waals surface area contributed by atoms with E-state index in [2.05, 4.69) is 41.8 Å². The fourth-order valence-corrected chi connectivity index (χ4v) is 5.23. The number of rotatable bonds is 5. The van der Waals surface area contributed by atoms with Crippen LogP contribution in [0.15, 0.2) is 29.4 Å². The summed E-state index contributed by atoms with van der Waals surface area (Å²) in [5.74, 6) is 0.0994. The number of hydrogen-bond donors (Lipinski definition) is 4. The van der Waals surface area contributed by atoms with Crippen molar-refractivity contribution in [1.29, 1.82) is 5.26 Å². The van der Waals surface area contributed by atoms with Crippen molar-refractivity contribution in [3.05, 3.63) is 41.3 Å². The number of nitrogens with zero attached hydrogens (tertiary/aromatic N) is 5. The van der Waals surface area contributed by atoms with Gasteiger partial charge >= 0.3 is 0 Å². The van der Waals surface area contributed by atoms with Gasteiger partial charge in [-0.3, -0.25) is 19.8 Å². The van der Waals surface area contributed by atoms with Gasteiger partial charge in [-0.05, 0) is 44.7 Å². The number of hydrogen-bond acceptors (Lipinski definition) is 8. The number of nitriles is 1. The van der Waals surface area contributed by atoms with Crippen molar-refractivity contribution >= 4 is 17.6 Å². The van der Waals surface area contributed by atoms with Crippen molar-refractivity contribution in [2.75, 3.05) is 11.9 Å². The number of aromatic nitrogens is 3. The maximum Gasteiger partial charge on any atom is 0.287 e. The van der Waals surface area contributed by atoms with Crippen LogP contribution in [0.3, 0.4) is 0 Å². The van der Waals surface area contributed by atoms with Crippen molar-refractivity contribution in [2.24, 2.45) is 4.99 Å². The van der Waals surface area contributed by atoms with E-state index in [-0.39, 0.29) is 11.7 Å². The van der Waals surface area contributed by atoms with Crippen molar-refractivity contribution in [3.8, 4) is 6.07 Å². The summed E-state index contributed by atoms with van der Waals surface area (Å²) in [6.45, 7) is 2.64. The number of nitrogens with one attached hydrogen (secondary N) is 3. The lowest BCUT2D eigenvalue weighted by molar-refractivity contribution is -0.134. The van der Waals surface area contributed by atoms with Crippen LogP contribution >= 0.6 is 0 Å². The first-order valence-corrected chi connectivity index (χ1v) is 11.0. The summed E-state index contributed by atoms with van der Waals surface area (Å²) in [6.07, 6.45) is 6.24. The molecule has 3 aliphatic rings. The van der Waals surface area contributed by atoms with Gasteiger partial charge in [0.05, 0.1) is 6.07 Å². The Morgan fingerprint density at radius 2 is 2.19 bits per heavy atom. The van der Waals surface area contributed by atoms with E-state index < -0.39 is 11.6 Å². The van der Waals surface area contributed by atoms with Crippen LogP contribution < -0.4 is 10.6 Å². The molecule has 0 saturated carbocycles. The molecule has 4 atom stereocenters. The number of carbonyl (C=O) groups is 1. The number of amides is 1. The quantitative estimate of drug-likeness (QED) is 0.553. The average molecular weight is 435 g/mol. The summed E-state index contributed by atoms with van der Waals surface area (Å²) in [6, 6.07) is 8.57. The highest BCUT2D eigenvalue weighted by atomic mass is 16.3. The predicted molar refractivity (Wildman–Crippen MR) is 117 cm³/mol. The van der Waals surface area contributed by atoms with Gasteiger partial charge in [-0.15, -0.1) is 0 Å². The van der Waals surface area contributed by atoms with E-state index in [1.54, 1.807) is 18.3 Å². The van der Waals surface area contributed by atoms with Crippen molar-refractivity contribution in [2.45, 2.75) is 62.9 Å². The van der Waals surface area contributed by atoms with Crippen LogP contribution in [0.5, 0.6) is 0 Å². The fourth-order valence-electron chi connectivity index (χ4n) is 5.23. The number of amidine groups is 1. The third-order valence-electron chi connectivity index (χ3n) is 6.64. The zero-order valence-electron chi connectivity index (χ0n) is 17.9. The van der Waals surface area contributed by atoms with Gasteiger partial charge in [0.15, 0.2) is 5.82 Å². The molecule has 0 spiro atoms. The number of pyridine rings is 1. The first kappa shape index (κ1) is 20.6. The zero-order chi connectivity index (χ0) is 22.3. The molecule has 32 heavy (non-hydrogen) atoms. The highest BCUT2D eigenvalue weighted by Gasteiger charge is 2.48. The van der Waals surface area contributed by atoms with Crippen molar-refractivity contribution in [1.82, 2.24) is 25.4 Å². The molecule has 3 aliphatic heterocycles. The van der Waals surface area contributed by atoms with Gasteiger partial charge < -0.3 is 15.7 Å². The number of piperidine rings is 1. The van der Waals surface area contributed by atoms with Gasteiger partial charge in [0.1, 0.15) is 11.5 Å². The molecule has 2 aromatic heterocycles. The molecule has 5 rings (SSSR count). The lowest BCUT2D eigenvalue weighted by atomic mass is 9.96. The Balaban J connectivity index is 1.35. The molecule has 1 amide bonds. The maximum atomic E-state index is 13.0. The molecule has 2 aromatic rings. The van der Waals surface area contributed by atoms with Crippen LogP contribution in [0.2, 0.25) is 0 Å². The zero-order valence-corrected chi connectivity index (χ0v) is 17.9. The van der Waals surface area contributed by atoms with Crippen LogP contribution in [0.1, 0.15) is 49.1 Å². The highest BCUT2D eigenvalue weighted by molar-refractivity contribution is 6.09. The molecule has 10 nitrogen and oxygen atoms in total. The van der Waals surface area contributed by atoms with Crippen LogP contribution in [0.4, 0.5) is 5.82 Å². The molecular weight excluding hydrogens is 408 g/mol. The first-order valence-electron chi connectivity index (χ1n) is 11.0. The Labute approximate surface area is 185 Å². The second kappa shape index (κ2) is 8.00. The molecule has 2 fully saturated rings. The van der Waals surface area contributed by atoms with Crippen LogP contribution in [-0.2, 0) is 10.5 Å². The normalized spacial score (nSPS) is 28.7. The highest BCUT2D eigenvalue weighted by Crippen LogP contribution is 2.37. The largest absolute Gasteiger partial charge is 0.367 e. The SMILES string of the molecule is Cc1cc(NC(=O)C2(O)N=C(N[C@@H]3C[C@H]4CC[C@@H](C3)N4CCC#N)c3cccnc32)n[nH]1. The Morgan fingerprint density at radius 3 is 2.88 bits per heavy atom. The number of carbonyl (C=O) groups excluding carboxylic acids is 1. The number of anilines is 1. The second-order valence-electron chi connectivity index (χ2n) is 8.77. The third kappa shape index (κ3) is 3.53. The Hall–Kier alpha value is -3.29. The molecule has 10 heteroatoms.